The van der Waals surface area contributed by atoms with E-state index in [0.717, 1.165) is 5.56 Å². The van der Waals surface area contributed by atoms with Gasteiger partial charge < -0.3 is 10.2 Å². The molecule has 1 rings (SSSR count). The van der Waals surface area contributed by atoms with Crippen molar-refractivity contribution >= 4 is 11.7 Å². The van der Waals surface area contributed by atoms with Crippen LogP contribution in [0.5, 0.6) is 0 Å². The quantitative estimate of drug-likeness (QED) is 0.848. The van der Waals surface area contributed by atoms with E-state index in [1.54, 1.807) is 17.2 Å². The third kappa shape index (κ3) is 3.20. The molecule has 18 heavy (non-hydrogen) atoms. The van der Waals surface area contributed by atoms with E-state index >= 15 is 0 Å². The van der Waals surface area contributed by atoms with Gasteiger partial charge in [-0.3, -0.25) is 4.79 Å². The second-order valence-corrected chi connectivity index (χ2v) is 3.91. The molecule has 0 unspecified atom stereocenters. The van der Waals surface area contributed by atoms with Crippen LogP contribution in [-0.2, 0) is 4.79 Å². The predicted molar refractivity (Wildman–Crippen MR) is 70.3 cm³/mol. The highest BCUT2D eigenvalue weighted by atomic mass is 16.2. The first-order valence-corrected chi connectivity index (χ1v) is 6.01. The van der Waals surface area contributed by atoms with E-state index < -0.39 is 0 Å². The number of aryl methyl sites for hydroxylation is 1. The molecule has 1 amide bonds. The Morgan fingerprint density at radius 3 is 2.83 bits per heavy atom. The van der Waals surface area contributed by atoms with E-state index in [9.17, 15) is 4.79 Å². The molecule has 0 radical (unpaired) electrons. The largest absolute Gasteiger partial charge is 0.355 e. The third-order valence-electron chi connectivity index (χ3n) is 2.64. The molecule has 0 bridgehead atoms. The van der Waals surface area contributed by atoms with Crippen LogP contribution in [0.3, 0.4) is 0 Å². The maximum atomic E-state index is 11.6. The predicted octanol–water partition coefficient (Wildman–Crippen LogP) is 1.22. The topological polar surface area (TPSA) is 69.0 Å². The number of hydrogen-bond acceptors (Lipinski definition) is 4. The van der Waals surface area contributed by atoms with E-state index in [0.29, 0.717) is 24.5 Å². The zero-order valence-corrected chi connectivity index (χ0v) is 11.0. The highest BCUT2D eigenvalue weighted by Gasteiger charge is 2.15. The molecule has 0 atom stereocenters. The van der Waals surface area contributed by atoms with Gasteiger partial charge in [0.05, 0.1) is 12.1 Å². The molecule has 1 heterocycles. The molecule has 0 saturated carbocycles. The van der Waals surface area contributed by atoms with Crippen molar-refractivity contribution in [3.63, 3.8) is 0 Å². The van der Waals surface area contributed by atoms with Crippen LogP contribution in [0.2, 0.25) is 0 Å². The minimum Gasteiger partial charge on any atom is -0.355 e. The second kappa shape index (κ2) is 6.60. The lowest BCUT2D eigenvalue weighted by Gasteiger charge is -2.22. The van der Waals surface area contributed by atoms with Crippen molar-refractivity contribution in [3.8, 4) is 6.07 Å². The van der Waals surface area contributed by atoms with E-state index in [-0.39, 0.29) is 12.5 Å². The van der Waals surface area contributed by atoms with Gasteiger partial charge in [-0.25, -0.2) is 4.98 Å². The van der Waals surface area contributed by atoms with Gasteiger partial charge >= 0.3 is 0 Å². The van der Waals surface area contributed by atoms with E-state index in [1.807, 2.05) is 20.8 Å². The molecule has 1 N–H and O–H groups in total. The molecule has 0 aromatic carbocycles. The Kier molecular flexibility index (Phi) is 5.12. The molecule has 5 nitrogen and oxygen atoms in total. The Morgan fingerprint density at radius 1 is 1.56 bits per heavy atom. The summed E-state index contributed by atoms with van der Waals surface area (Å²) in [5, 5.41) is 11.9. The maximum absolute atomic E-state index is 11.6. The normalized spacial score (nSPS) is 9.67. The number of carbonyl (C=O) groups excluding carboxylic acids is 1. The fourth-order valence-corrected chi connectivity index (χ4v) is 1.68. The summed E-state index contributed by atoms with van der Waals surface area (Å²) in [6, 6.07) is 3.94. The number of pyridine rings is 1. The summed E-state index contributed by atoms with van der Waals surface area (Å²) in [5.41, 5.74) is 1.40. The Labute approximate surface area is 107 Å². The smallest absolute Gasteiger partial charge is 0.239 e. The van der Waals surface area contributed by atoms with E-state index in [1.165, 1.54) is 0 Å². The zero-order valence-electron chi connectivity index (χ0n) is 11.0. The highest BCUT2D eigenvalue weighted by Crippen LogP contribution is 2.19. The first kappa shape index (κ1) is 14.0. The van der Waals surface area contributed by atoms with Gasteiger partial charge in [0.1, 0.15) is 11.9 Å². The summed E-state index contributed by atoms with van der Waals surface area (Å²) in [6.45, 7) is 7.12. The fourth-order valence-electron chi connectivity index (χ4n) is 1.68. The van der Waals surface area contributed by atoms with Crippen LogP contribution >= 0.6 is 0 Å². The van der Waals surface area contributed by atoms with E-state index in [4.69, 9.17) is 5.26 Å². The number of anilines is 1. The molecule has 96 valence electrons. The maximum Gasteiger partial charge on any atom is 0.239 e. The summed E-state index contributed by atoms with van der Waals surface area (Å²) in [5.74, 6) is 0.512. The van der Waals surface area contributed by atoms with Gasteiger partial charge in [-0.1, -0.05) is 0 Å². The lowest BCUT2D eigenvalue weighted by Crippen LogP contribution is -2.38. The molecule has 1 aromatic heterocycles. The van der Waals surface area contributed by atoms with Crippen molar-refractivity contribution in [2.45, 2.75) is 20.8 Å². The van der Waals surface area contributed by atoms with Gasteiger partial charge in [-0.05, 0) is 32.4 Å². The van der Waals surface area contributed by atoms with Gasteiger partial charge in [0.15, 0.2) is 0 Å². The molecule has 0 aliphatic heterocycles. The summed E-state index contributed by atoms with van der Waals surface area (Å²) in [4.78, 5) is 17.6. The minimum absolute atomic E-state index is 0.0634. The van der Waals surface area contributed by atoms with Crippen molar-refractivity contribution in [3.05, 3.63) is 23.4 Å². The molecule has 1 aromatic rings. The van der Waals surface area contributed by atoms with E-state index in [2.05, 4.69) is 16.4 Å². The Balaban J connectivity index is 2.99. The Morgan fingerprint density at radius 2 is 2.28 bits per heavy atom. The number of nitrogens with zero attached hydrogens (tertiary/aromatic N) is 3. The van der Waals surface area contributed by atoms with Crippen LogP contribution in [0.25, 0.3) is 0 Å². The first-order chi connectivity index (χ1) is 8.63. The standard InChI is InChI=1S/C13H18N4O/c1-4-15-12(18)9-17(5-2)13-11(8-14)10(3)6-7-16-13/h6-7H,4-5,9H2,1-3H3,(H,15,18). The van der Waals surface area contributed by atoms with Crippen LogP contribution in [0.1, 0.15) is 25.0 Å². The average molecular weight is 246 g/mol. The lowest BCUT2D eigenvalue weighted by molar-refractivity contribution is -0.119. The Hall–Kier alpha value is -2.09. The van der Waals surface area contributed by atoms with Gasteiger partial charge in [0.2, 0.25) is 5.91 Å². The second-order valence-electron chi connectivity index (χ2n) is 3.91. The molecular formula is C13H18N4O. The summed E-state index contributed by atoms with van der Waals surface area (Å²) < 4.78 is 0. The van der Waals surface area contributed by atoms with Crippen molar-refractivity contribution in [2.24, 2.45) is 0 Å². The molecule has 0 aliphatic rings. The van der Waals surface area contributed by atoms with Crippen LogP contribution in [0.4, 0.5) is 5.82 Å². The number of aromatic nitrogens is 1. The van der Waals surface area contributed by atoms with Crippen LogP contribution < -0.4 is 10.2 Å². The zero-order chi connectivity index (χ0) is 13.5. The van der Waals surface area contributed by atoms with Gasteiger partial charge in [-0.2, -0.15) is 5.26 Å². The first-order valence-electron chi connectivity index (χ1n) is 6.01. The lowest BCUT2D eigenvalue weighted by atomic mass is 10.1. The minimum atomic E-state index is -0.0634. The summed E-state index contributed by atoms with van der Waals surface area (Å²) >= 11 is 0. The van der Waals surface area contributed by atoms with Crippen molar-refractivity contribution < 1.29 is 4.79 Å². The summed E-state index contributed by atoms with van der Waals surface area (Å²) in [6.07, 6.45) is 1.66. The number of nitriles is 1. The average Bonchev–Trinajstić information content (AvgIpc) is 2.36. The van der Waals surface area contributed by atoms with Crippen molar-refractivity contribution in [2.75, 3.05) is 24.5 Å². The number of rotatable bonds is 5. The van der Waals surface area contributed by atoms with Crippen LogP contribution in [0.15, 0.2) is 12.3 Å². The number of likely N-dealkylation sites (N-methyl/N-ethyl adjacent to an activating group) is 2. The molecule has 5 heteroatoms. The van der Waals surface area contributed by atoms with Crippen LogP contribution in [-0.4, -0.2) is 30.5 Å². The molecule has 0 spiro atoms. The summed E-state index contributed by atoms with van der Waals surface area (Å²) in [7, 11) is 0. The molecular weight excluding hydrogens is 228 g/mol. The SMILES string of the molecule is CCNC(=O)CN(CC)c1nccc(C)c1C#N. The number of amides is 1. The third-order valence-corrected chi connectivity index (χ3v) is 2.64. The highest BCUT2D eigenvalue weighted by molar-refractivity contribution is 5.81. The van der Waals surface area contributed by atoms with Crippen molar-refractivity contribution in [1.29, 1.82) is 5.26 Å². The van der Waals surface area contributed by atoms with Gasteiger partial charge in [-0.15, -0.1) is 0 Å². The molecule has 0 fully saturated rings. The molecule has 0 aliphatic carbocycles. The number of hydrogen-bond donors (Lipinski definition) is 1. The van der Waals surface area contributed by atoms with Gasteiger partial charge in [0.25, 0.3) is 0 Å². The monoisotopic (exact) mass is 246 g/mol. The van der Waals surface area contributed by atoms with Gasteiger partial charge in [0, 0.05) is 19.3 Å². The fraction of sp³-hybridized carbons (Fsp3) is 0.462. The molecule has 0 saturated heterocycles. The van der Waals surface area contributed by atoms with Crippen LogP contribution in [0, 0.1) is 18.3 Å². The number of carbonyl (C=O) groups is 1. The van der Waals surface area contributed by atoms with Crippen molar-refractivity contribution in [1.82, 2.24) is 10.3 Å². The Bertz CT molecular complexity index is 465. The number of nitrogens with one attached hydrogen (secondary N) is 1.